The molecule has 2 aromatic carbocycles. The van der Waals surface area contributed by atoms with Crippen LogP contribution in [0, 0.1) is 5.82 Å². The van der Waals surface area contributed by atoms with Gasteiger partial charge in [0, 0.05) is 5.56 Å². The van der Waals surface area contributed by atoms with Crippen molar-refractivity contribution in [3.8, 4) is 0 Å². The Balaban J connectivity index is 1.84. The number of hydrogen-bond donors (Lipinski definition) is 1. The minimum Gasteiger partial charge on any atom is -0.459 e. The molecule has 0 aromatic heterocycles. The highest BCUT2D eigenvalue weighted by molar-refractivity contribution is 5.96. The average Bonchev–Trinajstić information content (AvgIpc) is 2.54. The molecule has 0 heterocycles. The summed E-state index contributed by atoms with van der Waals surface area (Å²) in [6.07, 6.45) is 0. The van der Waals surface area contributed by atoms with Crippen LogP contribution >= 0.6 is 0 Å². The van der Waals surface area contributed by atoms with Gasteiger partial charge in [-0.3, -0.25) is 4.79 Å². The molecule has 1 N–H and O–H groups in total. The van der Waals surface area contributed by atoms with Gasteiger partial charge in [-0.25, -0.2) is 9.18 Å². The van der Waals surface area contributed by atoms with Crippen molar-refractivity contribution in [1.82, 2.24) is 5.32 Å². The van der Waals surface area contributed by atoms with Gasteiger partial charge < -0.3 is 10.1 Å². The van der Waals surface area contributed by atoms with Crippen molar-refractivity contribution in [2.45, 2.75) is 19.6 Å². The van der Waals surface area contributed by atoms with Gasteiger partial charge >= 0.3 is 5.97 Å². The van der Waals surface area contributed by atoms with Crippen molar-refractivity contribution in [3.05, 3.63) is 71.5 Å². The second-order valence-corrected chi connectivity index (χ2v) is 4.80. The van der Waals surface area contributed by atoms with Gasteiger partial charge in [0.1, 0.15) is 18.5 Å². The van der Waals surface area contributed by atoms with Crippen LogP contribution in [0.5, 0.6) is 0 Å². The molecule has 0 fully saturated rings. The normalized spacial score (nSPS) is 11.5. The van der Waals surface area contributed by atoms with Gasteiger partial charge in [0.25, 0.3) is 5.91 Å². The Kier molecular flexibility index (Phi) is 5.25. The zero-order chi connectivity index (χ0) is 15.9. The number of carbonyl (C=O) groups excluding carboxylic acids is 2. The third-order valence-electron chi connectivity index (χ3n) is 3.03. The maximum absolute atomic E-state index is 12.8. The van der Waals surface area contributed by atoms with Crippen LogP contribution in [0.2, 0.25) is 0 Å². The molecule has 0 radical (unpaired) electrons. The van der Waals surface area contributed by atoms with E-state index in [9.17, 15) is 14.0 Å². The minimum atomic E-state index is -0.770. The smallest absolute Gasteiger partial charge is 0.328 e. The molecule has 4 nitrogen and oxygen atoms in total. The number of carbonyl (C=O) groups is 2. The summed E-state index contributed by atoms with van der Waals surface area (Å²) in [4.78, 5) is 23.7. The Bertz CT molecular complexity index is 641. The van der Waals surface area contributed by atoms with Crippen LogP contribution < -0.4 is 5.32 Å². The van der Waals surface area contributed by atoms with E-state index in [4.69, 9.17) is 4.74 Å². The summed E-state index contributed by atoms with van der Waals surface area (Å²) in [6.45, 7) is 1.58. The molecule has 0 bridgehead atoms. The molecule has 2 rings (SSSR count). The summed E-state index contributed by atoms with van der Waals surface area (Å²) in [6, 6.07) is 13.5. The highest BCUT2D eigenvalue weighted by Gasteiger charge is 2.17. The first-order valence-electron chi connectivity index (χ1n) is 6.83. The number of hydrogen-bond acceptors (Lipinski definition) is 3. The van der Waals surface area contributed by atoms with E-state index in [0.29, 0.717) is 11.1 Å². The molecule has 0 aliphatic heterocycles. The molecule has 0 saturated heterocycles. The van der Waals surface area contributed by atoms with E-state index in [2.05, 4.69) is 5.32 Å². The van der Waals surface area contributed by atoms with Crippen molar-refractivity contribution in [3.63, 3.8) is 0 Å². The second kappa shape index (κ2) is 7.36. The first kappa shape index (κ1) is 15.7. The average molecular weight is 301 g/mol. The number of amides is 1. The van der Waals surface area contributed by atoms with E-state index < -0.39 is 12.0 Å². The lowest BCUT2D eigenvalue weighted by Gasteiger charge is -2.13. The largest absolute Gasteiger partial charge is 0.459 e. The van der Waals surface area contributed by atoms with Gasteiger partial charge in [-0.15, -0.1) is 0 Å². The predicted octanol–water partition coefficient (Wildman–Crippen LogP) is 2.69. The molecule has 5 heteroatoms. The summed E-state index contributed by atoms with van der Waals surface area (Å²) >= 11 is 0. The topological polar surface area (TPSA) is 55.4 Å². The molecule has 22 heavy (non-hydrogen) atoms. The monoisotopic (exact) mass is 301 g/mol. The third-order valence-corrected chi connectivity index (χ3v) is 3.03. The summed E-state index contributed by atoms with van der Waals surface area (Å²) in [7, 11) is 0. The Hall–Kier alpha value is -2.69. The van der Waals surface area contributed by atoms with Crippen molar-refractivity contribution in [1.29, 1.82) is 0 Å². The highest BCUT2D eigenvalue weighted by atomic mass is 19.1. The van der Waals surface area contributed by atoms with Gasteiger partial charge in [-0.2, -0.15) is 0 Å². The molecule has 1 atom stereocenters. The number of benzene rings is 2. The van der Waals surface area contributed by atoms with Gasteiger partial charge in [-0.05, 0) is 36.8 Å². The van der Waals surface area contributed by atoms with Crippen molar-refractivity contribution in [2.24, 2.45) is 0 Å². The van der Waals surface area contributed by atoms with E-state index in [0.717, 1.165) is 0 Å². The van der Waals surface area contributed by atoms with E-state index in [-0.39, 0.29) is 18.3 Å². The molecule has 1 amide bonds. The molecule has 2 aromatic rings. The van der Waals surface area contributed by atoms with Crippen LogP contribution in [0.3, 0.4) is 0 Å². The van der Waals surface area contributed by atoms with Crippen LogP contribution in [0.4, 0.5) is 4.39 Å². The quantitative estimate of drug-likeness (QED) is 0.864. The van der Waals surface area contributed by atoms with Crippen molar-refractivity contribution < 1.29 is 18.7 Å². The highest BCUT2D eigenvalue weighted by Crippen LogP contribution is 2.05. The fraction of sp³-hybridized carbons (Fsp3) is 0.176. The number of halogens is 1. The van der Waals surface area contributed by atoms with Gasteiger partial charge in [0.05, 0.1) is 0 Å². The van der Waals surface area contributed by atoms with E-state index >= 15 is 0 Å². The third kappa shape index (κ3) is 4.41. The lowest BCUT2D eigenvalue weighted by Crippen LogP contribution is -2.39. The Morgan fingerprint density at radius 2 is 1.73 bits per heavy atom. The maximum Gasteiger partial charge on any atom is 0.328 e. The zero-order valence-corrected chi connectivity index (χ0v) is 12.1. The molecular formula is C17H16FNO3. The summed E-state index contributed by atoms with van der Waals surface area (Å²) in [5, 5.41) is 2.57. The SMILES string of the molecule is C[C@H](NC(=O)c1ccccc1)C(=O)OCc1ccc(F)cc1. The number of esters is 1. The number of nitrogens with one attached hydrogen (secondary N) is 1. The van der Waals surface area contributed by atoms with Crippen molar-refractivity contribution >= 4 is 11.9 Å². The van der Waals surface area contributed by atoms with Crippen LogP contribution in [-0.4, -0.2) is 17.9 Å². The van der Waals surface area contributed by atoms with Crippen LogP contribution in [-0.2, 0) is 16.1 Å². The Morgan fingerprint density at radius 1 is 1.09 bits per heavy atom. The lowest BCUT2D eigenvalue weighted by atomic mass is 10.2. The van der Waals surface area contributed by atoms with Crippen LogP contribution in [0.25, 0.3) is 0 Å². The van der Waals surface area contributed by atoms with Gasteiger partial charge in [-0.1, -0.05) is 30.3 Å². The summed E-state index contributed by atoms with van der Waals surface area (Å²) in [5.41, 5.74) is 1.15. The fourth-order valence-corrected chi connectivity index (χ4v) is 1.79. The zero-order valence-electron chi connectivity index (χ0n) is 12.1. The minimum absolute atomic E-state index is 0.0324. The van der Waals surface area contributed by atoms with Gasteiger partial charge in [0.2, 0.25) is 0 Å². The lowest BCUT2D eigenvalue weighted by molar-refractivity contribution is -0.146. The molecule has 0 unspecified atom stereocenters. The van der Waals surface area contributed by atoms with E-state index in [1.54, 1.807) is 37.3 Å². The molecule has 0 spiro atoms. The van der Waals surface area contributed by atoms with Crippen molar-refractivity contribution in [2.75, 3.05) is 0 Å². The Labute approximate surface area is 127 Å². The second-order valence-electron chi connectivity index (χ2n) is 4.80. The molecule has 0 saturated carbocycles. The number of rotatable bonds is 5. The Morgan fingerprint density at radius 3 is 2.36 bits per heavy atom. The molecule has 0 aliphatic rings. The molecule has 114 valence electrons. The maximum atomic E-state index is 12.8. The van der Waals surface area contributed by atoms with Gasteiger partial charge in [0.15, 0.2) is 0 Å². The summed E-state index contributed by atoms with van der Waals surface area (Å²) in [5.74, 6) is -1.24. The van der Waals surface area contributed by atoms with E-state index in [1.807, 2.05) is 0 Å². The molecule has 0 aliphatic carbocycles. The standard InChI is InChI=1S/C17H16FNO3/c1-12(19-16(20)14-5-3-2-4-6-14)17(21)22-11-13-7-9-15(18)10-8-13/h2-10,12H,11H2,1H3,(H,19,20)/t12-/m0/s1. The van der Waals surface area contributed by atoms with E-state index in [1.165, 1.54) is 24.3 Å². The fourth-order valence-electron chi connectivity index (χ4n) is 1.79. The number of ether oxygens (including phenoxy) is 1. The predicted molar refractivity (Wildman–Crippen MR) is 79.6 cm³/mol. The van der Waals surface area contributed by atoms with Crippen LogP contribution in [0.1, 0.15) is 22.8 Å². The molecular weight excluding hydrogens is 285 g/mol. The first-order chi connectivity index (χ1) is 10.6. The van der Waals surface area contributed by atoms with Crippen LogP contribution in [0.15, 0.2) is 54.6 Å². The first-order valence-corrected chi connectivity index (χ1v) is 6.83. The summed E-state index contributed by atoms with van der Waals surface area (Å²) < 4.78 is 17.9.